The summed E-state index contributed by atoms with van der Waals surface area (Å²) in [6.07, 6.45) is 2.44. The molecular formula is C17H14FN3O4S. The molecule has 7 nitrogen and oxygen atoms in total. The van der Waals surface area contributed by atoms with Crippen LogP contribution in [0.25, 0.3) is 15.7 Å². The Hall–Kier alpha value is -2.94. The van der Waals surface area contributed by atoms with Crippen LogP contribution in [-0.4, -0.2) is 53.0 Å². The summed E-state index contributed by atoms with van der Waals surface area (Å²) in [6.45, 7) is 1.95. The molecule has 3 aromatic rings. The van der Waals surface area contributed by atoms with Crippen molar-refractivity contribution >= 4 is 45.1 Å². The maximum Gasteiger partial charge on any atom is 0.342 e. The number of carbonyl (C=O) groups excluding carboxylic acids is 1. The molecule has 0 bridgehead atoms. The van der Waals surface area contributed by atoms with Crippen LogP contribution in [0.15, 0.2) is 28.5 Å². The third-order valence-electron chi connectivity index (χ3n) is 4.64. The Bertz CT molecular complexity index is 1100. The molecule has 0 aliphatic carbocycles. The molecule has 0 atom stereocenters. The van der Waals surface area contributed by atoms with E-state index in [-0.39, 0.29) is 10.9 Å². The molecule has 1 saturated heterocycles. The van der Waals surface area contributed by atoms with E-state index in [0.29, 0.717) is 42.2 Å². The lowest BCUT2D eigenvalue weighted by atomic mass is 10.1. The highest BCUT2D eigenvalue weighted by Crippen LogP contribution is 2.28. The smallest absolute Gasteiger partial charge is 0.342 e. The van der Waals surface area contributed by atoms with E-state index in [0.717, 1.165) is 23.8 Å². The van der Waals surface area contributed by atoms with E-state index in [2.05, 4.69) is 0 Å². The summed E-state index contributed by atoms with van der Waals surface area (Å²) < 4.78 is 16.3. The van der Waals surface area contributed by atoms with Gasteiger partial charge in [-0.1, -0.05) is 0 Å². The van der Waals surface area contributed by atoms with Gasteiger partial charge in [-0.25, -0.2) is 9.18 Å². The molecule has 1 aliphatic heterocycles. The summed E-state index contributed by atoms with van der Waals surface area (Å²) in [7, 11) is 0. The summed E-state index contributed by atoms with van der Waals surface area (Å²) in [5, 5.41) is 11.1. The van der Waals surface area contributed by atoms with Crippen molar-refractivity contribution in [3.63, 3.8) is 0 Å². The maximum absolute atomic E-state index is 14.7. The van der Waals surface area contributed by atoms with Gasteiger partial charge in [0.1, 0.15) is 16.2 Å². The molecule has 1 N–H and O–H groups in total. The third kappa shape index (κ3) is 2.43. The second-order valence-electron chi connectivity index (χ2n) is 6.04. The summed E-state index contributed by atoms with van der Waals surface area (Å²) in [5.41, 5.74) is -0.235. The van der Waals surface area contributed by atoms with Gasteiger partial charge < -0.3 is 19.3 Å². The number of carboxylic acid groups (broad SMARTS) is 1. The lowest BCUT2D eigenvalue weighted by Gasteiger charge is -2.34. The van der Waals surface area contributed by atoms with Gasteiger partial charge in [-0.15, -0.1) is 11.3 Å². The maximum atomic E-state index is 14.7. The van der Waals surface area contributed by atoms with Crippen LogP contribution in [0, 0.1) is 5.82 Å². The number of aromatic carboxylic acids is 1. The molecule has 26 heavy (non-hydrogen) atoms. The van der Waals surface area contributed by atoms with Crippen LogP contribution in [0.2, 0.25) is 0 Å². The lowest BCUT2D eigenvalue weighted by molar-refractivity contribution is -0.118. The monoisotopic (exact) mass is 375 g/mol. The van der Waals surface area contributed by atoms with Crippen molar-refractivity contribution in [1.82, 2.24) is 9.30 Å². The first kappa shape index (κ1) is 16.5. The number of halogens is 1. The molecule has 0 spiro atoms. The van der Waals surface area contributed by atoms with Gasteiger partial charge in [0.25, 0.3) is 0 Å². The van der Waals surface area contributed by atoms with Crippen LogP contribution in [0.3, 0.4) is 0 Å². The van der Waals surface area contributed by atoms with E-state index < -0.39 is 17.2 Å². The van der Waals surface area contributed by atoms with E-state index in [4.69, 9.17) is 0 Å². The molecule has 4 rings (SSSR count). The number of piperazine rings is 1. The number of hydrogen-bond donors (Lipinski definition) is 1. The first-order valence-electron chi connectivity index (χ1n) is 7.94. The molecule has 1 fully saturated rings. The number of carbonyl (C=O) groups is 2. The van der Waals surface area contributed by atoms with Gasteiger partial charge in [0.05, 0.1) is 16.6 Å². The first-order valence-corrected chi connectivity index (χ1v) is 8.82. The van der Waals surface area contributed by atoms with E-state index in [1.165, 1.54) is 0 Å². The summed E-state index contributed by atoms with van der Waals surface area (Å²) in [4.78, 5) is 38.7. The zero-order valence-corrected chi connectivity index (χ0v) is 14.3. The van der Waals surface area contributed by atoms with Crippen molar-refractivity contribution in [3.8, 4) is 0 Å². The first-order chi connectivity index (χ1) is 12.5. The van der Waals surface area contributed by atoms with Crippen molar-refractivity contribution in [3.05, 3.63) is 45.3 Å². The SMILES string of the molecule is O=CN1CCN(c2cc3c(cc2F)c(=O)c(C(=O)O)c2sccn23)CC1. The highest BCUT2D eigenvalue weighted by atomic mass is 32.1. The van der Waals surface area contributed by atoms with Crippen LogP contribution in [-0.2, 0) is 4.79 Å². The van der Waals surface area contributed by atoms with E-state index in [1.54, 1.807) is 26.9 Å². The van der Waals surface area contributed by atoms with Gasteiger partial charge in [-0.05, 0) is 12.1 Å². The number of carboxylic acids is 1. The fourth-order valence-electron chi connectivity index (χ4n) is 3.31. The van der Waals surface area contributed by atoms with Crippen molar-refractivity contribution in [1.29, 1.82) is 0 Å². The topological polar surface area (TPSA) is 82.3 Å². The Morgan fingerprint density at radius 2 is 1.96 bits per heavy atom. The lowest BCUT2D eigenvalue weighted by Crippen LogP contribution is -2.46. The number of fused-ring (bicyclic) bond motifs is 3. The number of amides is 1. The van der Waals surface area contributed by atoms with Crippen molar-refractivity contribution in [2.75, 3.05) is 31.1 Å². The van der Waals surface area contributed by atoms with Crippen molar-refractivity contribution < 1.29 is 19.1 Å². The average molecular weight is 375 g/mol. The second-order valence-corrected chi connectivity index (χ2v) is 6.93. The number of benzene rings is 1. The molecule has 2 aromatic heterocycles. The molecule has 3 heterocycles. The number of hydrogen-bond acceptors (Lipinski definition) is 5. The molecule has 0 radical (unpaired) electrons. The van der Waals surface area contributed by atoms with Crippen molar-refractivity contribution in [2.24, 2.45) is 0 Å². The predicted molar refractivity (Wildman–Crippen MR) is 95.8 cm³/mol. The van der Waals surface area contributed by atoms with Gasteiger partial charge in [-0.3, -0.25) is 9.59 Å². The zero-order chi connectivity index (χ0) is 18.4. The van der Waals surface area contributed by atoms with Gasteiger partial charge in [0.2, 0.25) is 11.8 Å². The highest BCUT2D eigenvalue weighted by molar-refractivity contribution is 7.16. The summed E-state index contributed by atoms with van der Waals surface area (Å²) >= 11 is 1.15. The minimum absolute atomic E-state index is 0.0334. The Balaban J connectivity index is 1.92. The summed E-state index contributed by atoms with van der Waals surface area (Å²) in [5.74, 6) is -1.91. The van der Waals surface area contributed by atoms with Gasteiger partial charge in [0.15, 0.2) is 0 Å². The second kappa shape index (κ2) is 6.10. The normalized spacial score (nSPS) is 15.0. The molecule has 1 aromatic carbocycles. The van der Waals surface area contributed by atoms with Crippen molar-refractivity contribution in [2.45, 2.75) is 0 Å². The van der Waals surface area contributed by atoms with E-state index >= 15 is 0 Å². The fraction of sp³-hybridized carbons (Fsp3) is 0.235. The number of pyridine rings is 1. The number of aromatic nitrogens is 1. The number of rotatable bonds is 3. The molecule has 0 unspecified atom stereocenters. The Labute approximate surface area is 150 Å². The van der Waals surface area contributed by atoms with Gasteiger partial charge in [-0.2, -0.15) is 0 Å². The molecule has 9 heteroatoms. The summed E-state index contributed by atoms with van der Waals surface area (Å²) in [6, 6.07) is 2.68. The average Bonchev–Trinajstić information content (AvgIpc) is 3.11. The minimum atomic E-state index is -1.33. The zero-order valence-electron chi connectivity index (χ0n) is 13.5. The van der Waals surface area contributed by atoms with Gasteiger partial charge >= 0.3 is 5.97 Å². The standard InChI is InChI=1S/C17H14FN3O4S/c18-11-7-10-12(8-13(11)20-3-1-19(9-22)2-4-20)21-5-6-26-16(21)14(15(10)23)17(24)25/h5-9H,1-4H2,(H,24,25). The molecular weight excluding hydrogens is 361 g/mol. The van der Waals surface area contributed by atoms with Crippen LogP contribution in [0.1, 0.15) is 10.4 Å². The van der Waals surface area contributed by atoms with Crippen LogP contribution < -0.4 is 10.3 Å². The highest BCUT2D eigenvalue weighted by Gasteiger charge is 2.23. The molecule has 134 valence electrons. The van der Waals surface area contributed by atoms with E-state index in [9.17, 15) is 23.9 Å². The van der Waals surface area contributed by atoms with Crippen LogP contribution in [0.5, 0.6) is 0 Å². The number of nitrogens with zero attached hydrogens (tertiary/aromatic N) is 3. The van der Waals surface area contributed by atoms with Gasteiger partial charge in [0, 0.05) is 37.8 Å². The number of anilines is 1. The fourth-order valence-corrected chi connectivity index (χ4v) is 4.19. The van der Waals surface area contributed by atoms with E-state index in [1.807, 2.05) is 4.90 Å². The quantitative estimate of drug-likeness (QED) is 0.704. The van der Waals surface area contributed by atoms with Crippen LogP contribution in [0.4, 0.5) is 10.1 Å². The number of thiazole rings is 1. The Morgan fingerprint density at radius 1 is 1.23 bits per heavy atom. The Morgan fingerprint density at radius 3 is 2.62 bits per heavy atom. The predicted octanol–water partition coefficient (Wildman–Crippen LogP) is 1.63. The minimum Gasteiger partial charge on any atom is -0.477 e. The third-order valence-corrected chi connectivity index (χ3v) is 5.52. The Kier molecular flexibility index (Phi) is 3.87. The van der Waals surface area contributed by atoms with Crippen LogP contribution >= 0.6 is 11.3 Å². The largest absolute Gasteiger partial charge is 0.477 e. The molecule has 0 saturated carbocycles. The molecule has 1 aliphatic rings. The molecule has 1 amide bonds.